The van der Waals surface area contributed by atoms with Gasteiger partial charge >= 0.3 is 0 Å². The van der Waals surface area contributed by atoms with E-state index in [4.69, 9.17) is 4.84 Å². The highest BCUT2D eigenvalue weighted by Crippen LogP contribution is 2.11. The molecule has 0 atom stereocenters. The van der Waals surface area contributed by atoms with E-state index in [9.17, 15) is 0 Å². The molecular weight excluding hydrogens is 166 g/mol. The molecule has 0 aliphatic rings. The fourth-order valence-electron chi connectivity index (χ4n) is 1.23. The minimum Gasteiger partial charge on any atom is -0.395 e. The molecule has 0 unspecified atom stereocenters. The van der Waals surface area contributed by atoms with Gasteiger partial charge in [-0.3, -0.25) is 0 Å². The summed E-state index contributed by atoms with van der Waals surface area (Å²) >= 11 is 0. The van der Waals surface area contributed by atoms with E-state index < -0.39 is 0 Å². The summed E-state index contributed by atoms with van der Waals surface area (Å²) in [5.74, 6) is 0. The van der Waals surface area contributed by atoms with Crippen LogP contribution in [0.15, 0.2) is 18.2 Å². The third-order valence-electron chi connectivity index (χ3n) is 1.82. The number of benzene rings is 1. The monoisotopic (exact) mass is 177 g/mol. The van der Waals surface area contributed by atoms with Crippen LogP contribution in [-0.2, 0) is 0 Å². The molecule has 0 bridgehead atoms. The van der Waals surface area contributed by atoms with Crippen molar-refractivity contribution in [1.29, 1.82) is 0 Å². The summed E-state index contributed by atoms with van der Waals surface area (Å²) in [6.45, 7) is 4.53. The van der Waals surface area contributed by atoms with Crippen molar-refractivity contribution in [3.05, 3.63) is 23.8 Å². The molecule has 2 rings (SSSR count). The van der Waals surface area contributed by atoms with Gasteiger partial charge in [-0.2, -0.15) is 0 Å². The predicted molar refractivity (Wildman–Crippen MR) is 49.4 cm³/mol. The summed E-state index contributed by atoms with van der Waals surface area (Å²) < 4.78 is 0. The second-order valence-electron chi connectivity index (χ2n) is 2.87. The number of aryl methyl sites for hydroxylation is 1. The Labute approximate surface area is 76.1 Å². The minimum absolute atomic E-state index is 0.590. The molecule has 1 aromatic carbocycles. The lowest BCUT2D eigenvalue weighted by Crippen LogP contribution is -2.11. The molecule has 13 heavy (non-hydrogen) atoms. The first-order valence-electron chi connectivity index (χ1n) is 4.26. The fourth-order valence-corrected chi connectivity index (χ4v) is 1.23. The first-order chi connectivity index (χ1) is 6.31. The Kier molecular flexibility index (Phi) is 1.88. The van der Waals surface area contributed by atoms with Crippen LogP contribution in [0.4, 0.5) is 0 Å². The van der Waals surface area contributed by atoms with Crippen molar-refractivity contribution in [2.75, 3.05) is 6.61 Å². The zero-order chi connectivity index (χ0) is 9.26. The van der Waals surface area contributed by atoms with Crippen molar-refractivity contribution >= 4 is 11.0 Å². The molecular formula is C9H11N3O. The number of hydrogen-bond donors (Lipinski definition) is 0. The van der Waals surface area contributed by atoms with Gasteiger partial charge in [0.15, 0.2) is 0 Å². The molecule has 0 radical (unpaired) electrons. The Morgan fingerprint density at radius 3 is 3.08 bits per heavy atom. The highest BCUT2D eigenvalue weighted by molar-refractivity contribution is 5.74. The predicted octanol–water partition coefficient (Wildman–Crippen LogP) is 1.19. The zero-order valence-corrected chi connectivity index (χ0v) is 7.69. The molecule has 0 aliphatic heterocycles. The van der Waals surface area contributed by atoms with Gasteiger partial charge in [0.25, 0.3) is 0 Å². The van der Waals surface area contributed by atoms with E-state index in [1.165, 1.54) is 10.4 Å². The van der Waals surface area contributed by atoms with Crippen LogP contribution in [0.1, 0.15) is 12.5 Å². The van der Waals surface area contributed by atoms with Crippen LogP contribution >= 0.6 is 0 Å². The molecule has 0 fully saturated rings. The number of hydrogen-bond acceptors (Lipinski definition) is 3. The van der Waals surface area contributed by atoms with Gasteiger partial charge in [0.1, 0.15) is 17.6 Å². The third-order valence-corrected chi connectivity index (χ3v) is 1.82. The molecule has 0 saturated heterocycles. The number of aromatic nitrogens is 3. The van der Waals surface area contributed by atoms with Crippen LogP contribution in [0.3, 0.4) is 0 Å². The van der Waals surface area contributed by atoms with Gasteiger partial charge in [0.2, 0.25) is 0 Å². The van der Waals surface area contributed by atoms with Gasteiger partial charge in [-0.25, -0.2) is 0 Å². The van der Waals surface area contributed by atoms with Gasteiger partial charge in [0.05, 0.1) is 0 Å². The Morgan fingerprint density at radius 1 is 1.46 bits per heavy atom. The van der Waals surface area contributed by atoms with Crippen molar-refractivity contribution in [3.8, 4) is 0 Å². The summed E-state index contributed by atoms with van der Waals surface area (Å²) in [6, 6.07) is 5.96. The fraction of sp³-hybridized carbons (Fsp3) is 0.333. The van der Waals surface area contributed by atoms with Crippen molar-refractivity contribution in [2.24, 2.45) is 0 Å². The highest BCUT2D eigenvalue weighted by atomic mass is 16.7. The lowest BCUT2D eigenvalue weighted by atomic mass is 10.2. The van der Waals surface area contributed by atoms with Crippen LogP contribution in [0.5, 0.6) is 0 Å². The lowest BCUT2D eigenvalue weighted by Gasteiger charge is -2.00. The Morgan fingerprint density at radius 2 is 2.31 bits per heavy atom. The molecule has 0 N–H and O–H groups in total. The average molecular weight is 177 g/mol. The topological polar surface area (TPSA) is 39.9 Å². The van der Waals surface area contributed by atoms with E-state index in [-0.39, 0.29) is 0 Å². The van der Waals surface area contributed by atoms with Crippen LogP contribution < -0.4 is 4.84 Å². The Bertz CT molecular complexity index is 422. The van der Waals surface area contributed by atoms with Gasteiger partial charge in [-0.15, -0.1) is 5.10 Å². The first kappa shape index (κ1) is 8.04. The molecule has 0 amide bonds. The quantitative estimate of drug-likeness (QED) is 0.691. The van der Waals surface area contributed by atoms with E-state index in [0.29, 0.717) is 6.61 Å². The summed E-state index contributed by atoms with van der Waals surface area (Å²) in [5, 5.41) is 7.86. The third kappa shape index (κ3) is 1.35. The van der Waals surface area contributed by atoms with Gasteiger partial charge in [0, 0.05) is 0 Å². The summed E-state index contributed by atoms with van der Waals surface area (Å²) in [5.41, 5.74) is 2.96. The summed E-state index contributed by atoms with van der Waals surface area (Å²) in [6.07, 6.45) is 0. The minimum atomic E-state index is 0.590. The molecule has 4 heteroatoms. The van der Waals surface area contributed by atoms with Gasteiger partial charge in [-0.1, -0.05) is 10.9 Å². The summed E-state index contributed by atoms with van der Waals surface area (Å²) in [4.78, 5) is 6.70. The molecule has 0 saturated carbocycles. The molecule has 4 nitrogen and oxygen atoms in total. The number of nitrogens with zero attached hydrogens (tertiary/aromatic N) is 3. The largest absolute Gasteiger partial charge is 0.395 e. The second kappa shape index (κ2) is 3.05. The van der Waals surface area contributed by atoms with E-state index in [2.05, 4.69) is 10.3 Å². The van der Waals surface area contributed by atoms with Crippen molar-refractivity contribution in [2.45, 2.75) is 13.8 Å². The average Bonchev–Trinajstić information content (AvgIpc) is 2.49. The maximum Gasteiger partial charge on any atom is 0.130 e. The Hall–Kier alpha value is -1.58. The lowest BCUT2D eigenvalue weighted by molar-refractivity contribution is 0.0979. The van der Waals surface area contributed by atoms with E-state index in [1.54, 1.807) is 0 Å². The molecule has 68 valence electrons. The zero-order valence-electron chi connectivity index (χ0n) is 7.69. The normalized spacial score (nSPS) is 10.6. The maximum atomic E-state index is 5.24. The van der Waals surface area contributed by atoms with E-state index >= 15 is 0 Å². The molecule has 1 heterocycles. The van der Waals surface area contributed by atoms with Crippen LogP contribution in [0.25, 0.3) is 11.0 Å². The van der Waals surface area contributed by atoms with E-state index in [0.717, 1.165) is 11.0 Å². The van der Waals surface area contributed by atoms with Crippen LogP contribution in [0.2, 0.25) is 0 Å². The number of rotatable bonds is 2. The van der Waals surface area contributed by atoms with Crippen molar-refractivity contribution in [1.82, 2.24) is 15.2 Å². The van der Waals surface area contributed by atoms with Gasteiger partial charge < -0.3 is 4.84 Å². The number of fused-ring (bicyclic) bond motifs is 1. The second-order valence-corrected chi connectivity index (χ2v) is 2.87. The van der Waals surface area contributed by atoms with Crippen LogP contribution in [0, 0.1) is 6.92 Å². The first-order valence-corrected chi connectivity index (χ1v) is 4.26. The molecule has 0 spiro atoms. The molecule has 0 aliphatic carbocycles. The van der Waals surface area contributed by atoms with E-state index in [1.807, 2.05) is 32.0 Å². The van der Waals surface area contributed by atoms with Crippen LogP contribution in [-0.4, -0.2) is 21.8 Å². The van der Waals surface area contributed by atoms with Gasteiger partial charge in [-0.05, 0) is 36.8 Å². The van der Waals surface area contributed by atoms with Crippen molar-refractivity contribution in [3.63, 3.8) is 0 Å². The Balaban J connectivity index is 2.55. The highest BCUT2D eigenvalue weighted by Gasteiger charge is 2.03. The maximum absolute atomic E-state index is 5.24. The molecule has 2 aromatic rings. The molecule has 1 aromatic heterocycles. The van der Waals surface area contributed by atoms with Crippen molar-refractivity contribution < 1.29 is 4.84 Å². The standard InChI is InChI=1S/C9H11N3O/c1-3-13-12-9-5-4-7(2)6-8(9)10-11-12/h4-6H,3H2,1-2H3. The SMILES string of the molecule is CCOn1nnc2cc(C)ccc21. The summed E-state index contributed by atoms with van der Waals surface area (Å²) in [7, 11) is 0. The smallest absolute Gasteiger partial charge is 0.130 e.